The molecule has 0 aliphatic carbocycles. The highest BCUT2D eigenvalue weighted by molar-refractivity contribution is 5.00. The fourth-order valence-electron chi connectivity index (χ4n) is 1.55. The molecule has 5 heteroatoms. The van der Waals surface area contributed by atoms with Crippen LogP contribution in [0.3, 0.4) is 0 Å². The Bertz CT molecular complexity index is 351. The van der Waals surface area contributed by atoms with Crippen molar-refractivity contribution in [2.45, 2.75) is 38.8 Å². The Morgan fingerprint density at radius 3 is 2.56 bits per heavy atom. The van der Waals surface area contributed by atoms with Gasteiger partial charge in [0.15, 0.2) is 5.82 Å². The van der Waals surface area contributed by atoms with Crippen molar-refractivity contribution in [2.24, 2.45) is 0 Å². The zero-order valence-corrected chi connectivity index (χ0v) is 10.4. The molecule has 5 nitrogen and oxygen atoms in total. The number of hydrogen-bond donors (Lipinski definition) is 1. The Labute approximate surface area is 96.2 Å². The molecule has 1 fully saturated rings. The standard InChI is InChI=1S/C11H20N4O/c1-11(2,3)10-13-9(16-14-10)7-15(4)8-5-12-6-8/h8,12H,5-7H2,1-4H3. The number of nitrogens with one attached hydrogen (secondary N) is 1. The summed E-state index contributed by atoms with van der Waals surface area (Å²) in [4.78, 5) is 6.67. The van der Waals surface area contributed by atoms with Crippen molar-refractivity contribution in [1.29, 1.82) is 0 Å². The normalized spacial score (nSPS) is 17.8. The fourth-order valence-corrected chi connectivity index (χ4v) is 1.55. The van der Waals surface area contributed by atoms with E-state index >= 15 is 0 Å². The Morgan fingerprint density at radius 2 is 2.12 bits per heavy atom. The van der Waals surface area contributed by atoms with Crippen LogP contribution in [-0.2, 0) is 12.0 Å². The van der Waals surface area contributed by atoms with E-state index in [-0.39, 0.29) is 5.41 Å². The van der Waals surface area contributed by atoms with Gasteiger partial charge in [0.1, 0.15) is 0 Å². The maximum atomic E-state index is 5.26. The molecule has 1 aromatic heterocycles. The molecule has 0 spiro atoms. The second-order valence-corrected chi connectivity index (χ2v) is 5.49. The molecule has 1 N–H and O–H groups in total. The molecular weight excluding hydrogens is 204 g/mol. The summed E-state index contributed by atoms with van der Waals surface area (Å²) in [5.41, 5.74) is -0.0433. The van der Waals surface area contributed by atoms with Gasteiger partial charge in [-0.2, -0.15) is 4.98 Å². The minimum Gasteiger partial charge on any atom is -0.338 e. The molecule has 90 valence electrons. The molecule has 0 radical (unpaired) electrons. The van der Waals surface area contributed by atoms with Gasteiger partial charge in [-0.25, -0.2) is 0 Å². The SMILES string of the molecule is CN(Cc1nc(C(C)(C)C)no1)C1CNC1. The maximum absolute atomic E-state index is 5.26. The molecule has 0 amide bonds. The van der Waals surface area contributed by atoms with Gasteiger partial charge in [-0.05, 0) is 7.05 Å². The van der Waals surface area contributed by atoms with Crippen LogP contribution in [0.4, 0.5) is 0 Å². The number of likely N-dealkylation sites (N-methyl/N-ethyl adjacent to an activating group) is 1. The van der Waals surface area contributed by atoms with Crippen molar-refractivity contribution >= 4 is 0 Å². The minimum absolute atomic E-state index is 0.0433. The van der Waals surface area contributed by atoms with Gasteiger partial charge in [-0.3, -0.25) is 4.90 Å². The second kappa shape index (κ2) is 4.14. The van der Waals surface area contributed by atoms with E-state index in [1.165, 1.54) is 0 Å². The van der Waals surface area contributed by atoms with Crippen LogP contribution in [-0.4, -0.2) is 41.2 Å². The van der Waals surface area contributed by atoms with Crippen LogP contribution in [0.2, 0.25) is 0 Å². The first-order valence-electron chi connectivity index (χ1n) is 5.71. The Balaban J connectivity index is 1.97. The van der Waals surface area contributed by atoms with Gasteiger partial charge in [0.2, 0.25) is 5.89 Å². The Hall–Kier alpha value is -0.940. The summed E-state index contributed by atoms with van der Waals surface area (Å²) in [5, 5.41) is 7.26. The molecule has 1 aliphatic heterocycles. The van der Waals surface area contributed by atoms with Crippen LogP contribution in [0, 0.1) is 0 Å². The molecule has 1 saturated heterocycles. The minimum atomic E-state index is -0.0433. The van der Waals surface area contributed by atoms with Gasteiger partial charge in [0.25, 0.3) is 0 Å². The number of aromatic nitrogens is 2. The zero-order valence-electron chi connectivity index (χ0n) is 10.4. The highest BCUT2D eigenvalue weighted by atomic mass is 16.5. The number of rotatable bonds is 3. The van der Waals surface area contributed by atoms with Crippen LogP contribution in [0.15, 0.2) is 4.52 Å². The summed E-state index contributed by atoms with van der Waals surface area (Å²) in [5.74, 6) is 1.49. The molecule has 1 aliphatic rings. The first kappa shape index (κ1) is 11.5. The average molecular weight is 224 g/mol. The number of nitrogens with zero attached hydrogens (tertiary/aromatic N) is 3. The van der Waals surface area contributed by atoms with E-state index in [0.29, 0.717) is 11.9 Å². The third-order valence-electron chi connectivity index (χ3n) is 2.91. The van der Waals surface area contributed by atoms with Crippen molar-refractivity contribution in [3.63, 3.8) is 0 Å². The van der Waals surface area contributed by atoms with Crippen molar-refractivity contribution in [2.75, 3.05) is 20.1 Å². The second-order valence-electron chi connectivity index (χ2n) is 5.49. The van der Waals surface area contributed by atoms with E-state index < -0.39 is 0 Å². The monoisotopic (exact) mass is 224 g/mol. The molecule has 0 saturated carbocycles. The van der Waals surface area contributed by atoms with Crippen molar-refractivity contribution < 1.29 is 4.52 Å². The lowest BCUT2D eigenvalue weighted by molar-refractivity contribution is 0.155. The molecular formula is C11H20N4O. The van der Waals surface area contributed by atoms with E-state index in [2.05, 4.69) is 48.2 Å². The van der Waals surface area contributed by atoms with Crippen molar-refractivity contribution in [3.05, 3.63) is 11.7 Å². The molecule has 0 aromatic carbocycles. The zero-order chi connectivity index (χ0) is 11.8. The predicted molar refractivity (Wildman–Crippen MR) is 61.1 cm³/mol. The van der Waals surface area contributed by atoms with Gasteiger partial charge in [-0.1, -0.05) is 25.9 Å². The van der Waals surface area contributed by atoms with E-state index in [9.17, 15) is 0 Å². The molecule has 0 atom stereocenters. The third-order valence-corrected chi connectivity index (χ3v) is 2.91. The summed E-state index contributed by atoms with van der Waals surface area (Å²) in [6.45, 7) is 9.09. The lowest BCUT2D eigenvalue weighted by Crippen LogP contribution is -2.55. The predicted octanol–water partition coefficient (Wildman–Crippen LogP) is 0.771. The number of hydrogen-bond acceptors (Lipinski definition) is 5. The topological polar surface area (TPSA) is 54.2 Å². The maximum Gasteiger partial charge on any atom is 0.240 e. The Kier molecular flexibility index (Phi) is 2.99. The van der Waals surface area contributed by atoms with Crippen LogP contribution < -0.4 is 5.32 Å². The quantitative estimate of drug-likeness (QED) is 0.822. The van der Waals surface area contributed by atoms with Crippen molar-refractivity contribution in [3.8, 4) is 0 Å². The summed E-state index contributed by atoms with van der Waals surface area (Å²) < 4.78 is 5.26. The fraction of sp³-hybridized carbons (Fsp3) is 0.818. The molecule has 16 heavy (non-hydrogen) atoms. The van der Waals surface area contributed by atoms with E-state index in [4.69, 9.17) is 4.52 Å². The lowest BCUT2D eigenvalue weighted by Gasteiger charge is -2.34. The van der Waals surface area contributed by atoms with Crippen LogP contribution in [0.25, 0.3) is 0 Å². The highest BCUT2D eigenvalue weighted by Gasteiger charge is 2.25. The summed E-state index contributed by atoms with van der Waals surface area (Å²) >= 11 is 0. The van der Waals surface area contributed by atoms with Gasteiger partial charge in [0.05, 0.1) is 6.54 Å². The summed E-state index contributed by atoms with van der Waals surface area (Å²) in [7, 11) is 2.09. The van der Waals surface area contributed by atoms with Crippen molar-refractivity contribution in [1.82, 2.24) is 20.4 Å². The van der Waals surface area contributed by atoms with E-state index in [1.807, 2.05) is 0 Å². The molecule has 0 unspecified atom stereocenters. The van der Waals surface area contributed by atoms with E-state index in [0.717, 1.165) is 25.5 Å². The van der Waals surface area contributed by atoms with Crippen LogP contribution in [0.1, 0.15) is 32.5 Å². The smallest absolute Gasteiger partial charge is 0.240 e. The summed E-state index contributed by atoms with van der Waals surface area (Å²) in [6, 6.07) is 0.602. The lowest BCUT2D eigenvalue weighted by atomic mass is 9.96. The highest BCUT2D eigenvalue weighted by Crippen LogP contribution is 2.19. The molecule has 2 heterocycles. The molecule has 2 rings (SSSR count). The van der Waals surface area contributed by atoms with Gasteiger partial charge in [0, 0.05) is 24.5 Å². The first-order valence-corrected chi connectivity index (χ1v) is 5.71. The van der Waals surface area contributed by atoms with E-state index in [1.54, 1.807) is 0 Å². The van der Waals surface area contributed by atoms with Gasteiger partial charge >= 0.3 is 0 Å². The average Bonchev–Trinajstić information content (AvgIpc) is 2.47. The first-order chi connectivity index (χ1) is 7.47. The largest absolute Gasteiger partial charge is 0.338 e. The third kappa shape index (κ3) is 2.41. The van der Waals surface area contributed by atoms with Crippen LogP contribution >= 0.6 is 0 Å². The Morgan fingerprint density at radius 1 is 1.44 bits per heavy atom. The molecule has 1 aromatic rings. The van der Waals surface area contributed by atoms with Crippen LogP contribution in [0.5, 0.6) is 0 Å². The summed E-state index contributed by atoms with van der Waals surface area (Å²) in [6.07, 6.45) is 0. The van der Waals surface area contributed by atoms with Gasteiger partial charge < -0.3 is 9.84 Å². The molecule has 0 bridgehead atoms. The van der Waals surface area contributed by atoms with Gasteiger partial charge in [-0.15, -0.1) is 0 Å².